The number of hydrogen-bond acceptors (Lipinski definition) is 2. The van der Waals surface area contributed by atoms with Gasteiger partial charge in [0.05, 0.1) is 0 Å². The molecule has 2 nitrogen and oxygen atoms in total. The summed E-state index contributed by atoms with van der Waals surface area (Å²) in [7, 11) is 0. The molecule has 0 unspecified atom stereocenters. The molecule has 0 spiro atoms. The van der Waals surface area contributed by atoms with Crippen LogP contribution < -0.4 is 5.73 Å². The molecule has 2 rings (SSSR count). The Bertz CT molecular complexity index is 667. The summed E-state index contributed by atoms with van der Waals surface area (Å²) in [5.41, 5.74) is 9.34. The number of hydrogen-bond donors (Lipinski definition) is 1. The van der Waals surface area contributed by atoms with E-state index in [-0.39, 0.29) is 5.78 Å². The highest BCUT2D eigenvalue weighted by molar-refractivity contribution is 9.10. The molecule has 0 amide bonds. The average molecular weight is 339 g/mol. The van der Waals surface area contributed by atoms with E-state index in [1.165, 1.54) is 0 Å². The molecule has 0 aliphatic carbocycles. The highest BCUT2D eigenvalue weighted by Gasteiger charge is 2.14. The third-order valence-electron chi connectivity index (χ3n) is 3.01. The number of rotatable bonds is 2. The number of benzene rings is 2. The minimum absolute atomic E-state index is 0.0449. The van der Waals surface area contributed by atoms with Gasteiger partial charge in [-0.2, -0.15) is 0 Å². The number of halogens is 2. The van der Waals surface area contributed by atoms with Crippen molar-refractivity contribution in [2.75, 3.05) is 5.73 Å². The molecular formula is C15H13BrClNO. The van der Waals surface area contributed by atoms with Gasteiger partial charge in [-0.25, -0.2) is 0 Å². The molecule has 0 radical (unpaired) electrons. The Morgan fingerprint density at radius 1 is 1.16 bits per heavy atom. The fraction of sp³-hybridized carbons (Fsp3) is 0.133. The second kappa shape index (κ2) is 5.35. The maximum atomic E-state index is 12.5. The van der Waals surface area contributed by atoms with E-state index in [1.54, 1.807) is 18.2 Å². The first-order valence-corrected chi connectivity index (χ1v) is 6.93. The van der Waals surface area contributed by atoms with E-state index in [2.05, 4.69) is 15.9 Å². The molecule has 98 valence electrons. The number of nitrogen functional groups attached to an aromatic ring is 1. The van der Waals surface area contributed by atoms with Crippen LogP contribution in [0.3, 0.4) is 0 Å². The Kier molecular flexibility index (Phi) is 3.97. The number of carbonyl (C=O) groups excluding carboxylic acids is 1. The quantitative estimate of drug-likeness (QED) is 0.645. The van der Waals surface area contributed by atoms with Crippen LogP contribution in [0.15, 0.2) is 34.8 Å². The van der Waals surface area contributed by atoms with E-state index >= 15 is 0 Å². The van der Waals surface area contributed by atoms with Crippen LogP contribution in [0, 0.1) is 13.8 Å². The highest BCUT2D eigenvalue weighted by Crippen LogP contribution is 2.25. The van der Waals surface area contributed by atoms with Gasteiger partial charge in [0.1, 0.15) is 0 Å². The van der Waals surface area contributed by atoms with Crippen molar-refractivity contribution in [3.05, 3.63) is 62.1 Å². The van der Waals surface area contributed by atoms with E-state index in [9.17, 15) is 4.79 Å². The maximum Gasteiger partial charge on any atom is 0.193 e. The number of nitrogens with two attached hydrogens (primary N) is 1. The molecule has 0 atom stereocenters. The number of aryl methyl sites for hydroxylation is 2. The first kappa shape index (κ1) is 14.1. The third kappa shape index (κ3) is 2.82. The molecule has 2 N–H and O–H groups in total. The normalized spacial score (nSPS) is 10.5. The molecule has 0 saturated carbocycles. The molecule has 19 heavy (non-hydrogen) atoms. The van der Waals surface area contributed by atoms with Crippen molar-refractivity contribution in [1.29, 1.82) is 0 Å². The second-order valence-corrected chi connectivity index (χ2v) is 5.74. The zero-order valence-electron chi connectivity index (χ0n) is 10.6. The molecule has 0 aromatic heterocycles. The van der Waals surface area contributed by atoms with Gasteiger partial charge in [0, 0.05) is 26.3 Å². The van der Waals surface area contributed by atoms with Gasteiger partial charge in [-0.15, -0.1) is 0 Å². The zero-order chi connectivity index (χ0) is 14.2. The Hall–Kier alpha value is -1.32. The zero-order valence-corrected chi connectivity index (χ0v) is 13.0. The smallest absolute Gasteiger partial charge is 0.193 e. The number of carbonyl (C=O) groups is 1. The number of anilines is 1. The SMILES string of the molecule is Cc1cc(C(=O)c2ccc(Br)c(N)c2)c(C)cc1Cl. The summed E-state index contributed by atoms with van der Waals surface area (Å²) >= 11 is 9.36. The van der Waals surface area contributed by atoms with E-state index in [0.29, 0.717) is 21.8 Å². The lowest BCUT2D eigenvalue weighted by atomic mass is 9.97. The van der Waals surface area contributed by atoms with Crippen molar-refractivity contribution in [2.24, 2.45) is 0 Å². The van der Waals surface area contributed by atoms with E-state index in [1.807, 2.05) is 26.0 Å². The lowest BCUT2D eigenvalue weighted by molar-refractivity contribution is 0.103. The van der Waals surface area contributed by atoms with Crippen LogP contribution in [0.2, 0.25) is 5.02 Å². The fourth-order valence-corrected chi connectivity index (χ4v) is 2.33. The first-order valence-electron chi connectivity index (χ1n) is 5.76. The summed E-state index contributed by atoms with van der Waals surface area (Å²) in [4.78, 5) is 12.5. The van der Waals surface area contributed by atoms with Crippen LogP contribution in [-0.4, -0.2) is 5.78 Å². The van der Waals surface area contributed by atoms with E-state index in [4.69, 9.17) is 17.3 Å². The second-order valence-electron chi connectivity index (χ2n) is 4.48. The van der Waals surface area contributed by atoms with Gasteiger partial charge < -0.3 is 5.73 Å². The van der Waals surface area contributed by atoms with Gasteiger partial charge in [-0.1, -0.05) is 11.6 Å². The van der Waals surface area contributed by atoms with Crippen molar-refractivity contribution < 1.29 is 4.79 Å². The molecule has 0 aliphatic rings. The number of ketones is 1. The Morgan fingerprint density at radius 2 is 1.84 bits per heavy atom. The standard InChI is InChI=1S/C15H13BrClNO/c1-8-6-13(17)9(2)5-11(8)15(19)10-3-4-12(16)14(18)7-10/h3-7H,18H2,1-2H3. The predicted octanol–water partition coefficient (Wildman–Crippen LogP) is 4.53. The molecule has 4 heteroatoms. The first-order chi connectivity index (χ1) is 8.90. The fourth-order valence-electron chi connectivity index (χ4n) is 1.87. The van der Waals surface area contributed by atoms with Gasteiger partial charge in [-0.3, -0.25) is 4.79 Å². The average Bonchev–Trinajstić information content (AvgIpc) is 2.36. The lowest BCUT2D eigenvalue weighted by Crippen LogP contribution is -2.05. The van der Waals surface area contributed by atoms with E-state index < -0.39 is 0 Å². The summed E-state index contributed by atoms with van der Waals surface area (Å²) in [5.74, 6) is -0.0449. The molecule has 0 bridgehead atoms. The van der Waals surface area contributed by atoms with Crippen LogP contribution in [0.4, 0.5) is 5.69 Å². The topological polar surface area (TPSA) is 43.1 Å². The summed E-state index contributed by atoms with van der Waals surface area (Å²) in [6.07, 6.45) is 0. The predicted molar refractivity (Wildman–Crippen MR) is 82.9 cm³/mol. The van der Waals surface area contributed by atoms with Crippen molar-refractivity contribution in [3.63, 3.8) is 0 Å². The Labute approximate surface area is 125 Å². The minimum atomic E-state index is -0.0449. The Balaban J connectivity index is 2.49. The van der Waals surface area contributed by atoms with Gasteiger partial charge in [-0.05, 0) is 71.2 Å². The summed E-state index contributed by atoms with van der Waals surface area (Å²) in [5, 5.41) is 0.671. The molecule has 0 fully saturated rings. The van der Waals surface area contributed by atoms with Gasteiger partial charge in [0.25, 0.3) is 0 Å². The largest absolute Gasteiger partial charge is 0.398 e. The summed E-state index contributed by atoms with van der Waals surface area (Å²) in [6.45, 7) is 3.76. The summed E-state index contributed by atoms with van der Waals surface area (Å²) in [6, 6.07) is 8.84. The molecular weight excluding hydrogens is 326 g/mol. The molecule has 2 aromatic carbocycles. The highest BCUT2D eigenvalue weighted by atomic mass is 79.9. The lowest BCUT2D eigenvalue weighted by Gasteiger charge is -2.09. The van der Waals surface area contributed by atoms with Gasteiger partial charge in [0.2, 0.25) is 0 Å². The summed E-state index contributed by atoms with van der Waals surface area (Å²) < 4.78 is 0.785. The van der Waals surface area contributed by atoms with E-state index in [0.717, 1.165) is 15.6 Å². The third-order valence-corrected chi connectivity index (χ3v) is 4.14. The van der Waals surface area contributed by atoms with Crippen LogP contribution in [0.1, 0.15) is 27.0 Å². The van der Waals surface area contributed by atoms with Gasteiger partial charge in [0.15, 0.2) is 5.78 Å². The van der Waals surface area contributed by atoms with Crippen molar-refractivity contribution >= 4 is 39.0 Å². The van der Waals surface area contributed by atoms with Crippen molar-refractivity contribution in [2.45, 2.75) is 13.8 Å². The van der Waals surface area contributed by atoms with Crippen LogP contribution in [0.25, 0.3) is 0 Å². The molecule has 2 aromatic rings. The molecule has 0 aliphatic heterocycles. The molecule has 0 saturated heterocycles. The van der Waals surface area contributed by atoms with Crippen molar-refractivity contribution in [1.82, 2.24) is 0 Å². The van der Waals surface area contributed by atoms with Crippen LogP contribution in [-0.2, 0) is 0 Å². The monoisotopic (exact) mass is 337 g/mol. The van der Waals surface area contributed by atoms with Crippen molar-refractivity contribution in [3.8, 4) is 0 Å². The maximum absolute atomic E-state index is 12.5. The van der Waals surface area contributed by atoms with Crippen LogP contribution in [0.5, 0.6) is 0 Å². The minimum Gasteiger partial charge on any atom is -0.398 e. The van der Waals surface area contributed by atoms with Crippen LogP contribution >= 0.6 is 27.5 Å². The molecule has 0 heterocycles. The van der Waals surface area contributed by atoms with Gasteiger partial charge >= 0.3 is 0 Å². The Morgan fingerprint density at radius 3 is 2.47 bits per heavy atom.